The summed E-state index contributed by atoms with van der Waals surface area (Å²) in [5.74, 6) is -1.20. The highest BCUT2D eigenvalue weighted by molar-refractivity contribution is 5.97. The van der Waals surface area contributed by atoms with Gasteiger partial charge in [0.05, 0.1) is 7.11 Å². The molecule has 0 aliphatic rings. The Bertz CT molecular complexity index is 472. The van der Waals surface area contributed by atoms with E-state index in [2.05, 4.69) is 0 Å². The number of para-hydroxylation sites is 1. The van der Waals surface area contributed by atoms with Crippen molar-refractivity contribution >= 4 is 17.9 Å². The van der Waals surface area contributed by atoms with Gasteiger partial charge in [0, 0.05) is 0 Å². The summed E-state index contributed by atoms with van der Waals surface area (Å²) in [5, 5.41) is 1.77. The number of nitrogens with one attached hydrogen (secondary N) is 1. The van der Waals surface area contributed by atoms with Gasteiger partial charge in [0.25, 0.3) is 5.91 Å². The minimum absolute atomic E-state index is 0.187. The molecule has 3 N–H and O–H groups in total. The number of methoxy groups -OCH3 is 1. The number of hydrogen-bond donors (Lipinski definition) is 2. The van der Waals surface area contributed by atoms with Gasteiger partial charge in [-0.05, 0) is 12.1 Å². The van der Waals surface area contributed by atoms with Crippen LogP contribution in [-0.4, -0.2) is 31.6 Å². The average Bonchev–Trinajstić information content (AvgIpc) is 2.35. The van der Waals surface area contributed by atoms with Crippen LogP contribution >= 0.6 is 0 Å². The van der Waals surface area contributed by atoms with Crippen molar-refractivity contribution in [2.24, 2.45) is 5.73 Å². The third kappa shape index (κ3) is 3.78. The van der Waals surface area contributed by atoms with Gasteiger partial charge in [-0.2, -0.15) is 0 Å². The number of carbonyl (C=O) groups is 3. The number of amides is 3. The highest BCUT2D eigenvalue weighted by Crippen LogP contribution is 2.17. The van der Waals surface area contributed by atoms with Crippen molar-refractivity contribution in [2.75, 3.05) is 13.7 Å². The highest BCUT2D eigenvalue weighted by atomic mass is 16.5. The summed E-state index contributed by atoms with van der Waals surface area (Å²) in [6.45, 7) is -0.597. The van der Waals surface area contributed by atoms with Gasteiger partial charge in [-0.1, -0.05) is 12.1 Å². The van der Waals surface area contributed by atoms with Gasteiger partial charge in [-0.15, -0.1) is 0 Å². The molecule has 7 heteroatoms. The first-order valence-electron chi connectivity index (χ1n) is 4.94. The van der Waals surface area contributed by atoms with Gasteiger partial charge in [0.15, 0.2) is 6.61 Å². The topological polar surface area (TPSA) is 108 Å². The standard InChI is InChI=1S/C11H12N2O5/c1-17-8-5-3-2-4-7(8)10(15)18-6-9(14)13-11(12)16/h2-5H,6H2,1H3,(H3,12,13,14,16). The number of primary amides is 1. The van der Waals surface area contributed by atoms with Gasteiger partial charge in [-0.3, -0.25) is 10.1 Å². The number of rotatable bonds is 4. The Morgan fingerprint density at radius 1 is 1.28 bits per heavy atom. The van der Waals surface area contributed by atoms with Gasteiger partial charge < -0.3 is 15.2 Å². The van der Waals surface area contributed by atoms with Gasteiger partial charge in [0.1, 0.15) is 11.3 Å². The molecule has 0 aliphatic heterocycles. The summed E-state index contributed by atoms with van der Waals surface area (Å²) in [6, 6.07) is 5.39. The Morgan fingerprint density at radius 3 is 2.56 bits per heavy atom. The maximum Gasteiger partial charge on any atom is 0.342 e. The molecule has 0 heterocycles. The predicted molar refractivity (Wildman–Crippen MR) is 61.0 cm³/mol. The molecule has 0 aliphatic carbocycles. The molecule has 0 bridgehead atoms. The van der Waals surface area contributed by atoms with Crippen LogP contribution in [0.1, 0.15) is 10.4 Å². The monoisotopic (exact) mass is 252 g/mol. The number of benzene rings is 1. The first-order chi connectivity index (χ1) is 8.54. The Kier molecular flexibility index (Phi) is 4.67. The summed E-state index contributed by atoms with van der Waals surface area (Å²) < 4.78 is 9.66. The summed E-state index contributed by atoms with van der Waals surface area (Å²) >= 11 is 0. The molecule has 18 heavy (non-hydrogen) atoms. The van der Waals surface area contributed by atoms with E-state index in [9.17, 15) is 14.4 Å². The van der Waals surface area contributed by atoms with Crippen molar-refractivity contribution in [1.29, 1.82) is 0 Å². The van der Waals surface area contributed by atoms with Crippen LogP contribution in [0.25, 0.3) is 0 Å². The van der Waals surface area contributed by atoms with E-state index in [-0.39, 0.29) is 5.56 Å². The van der Waals surface area contributed by atoms with E-state index in [1.807, 2.05) is 0 Å². The van der Waals surface area contributed by atoms with Crippen LogP contribution in [0.4, 0.5) is 4.79 Å². The number of hydrogen-bond acceptors (Lipinski definition) is 5. The van der Waals surface area contributed by atoms with Crippen LogP contribution in [0.2, 0.25) is 0 Å². The molecule has 0 unspecified atom stereocenters. The smallest absolute Gasteiger partial charge is 0.342 e. The molecule has 0 atom stereocenters. The normalized spacial score (nSPS) is 9.39. The molecular formula is C11H12N2O5. The lowest BCUT2D eigenvalue weighted by atomic mass is 10.2. The fourth-order valence-electron chi connectivity index (χ4n) is 1.20. The van der Waals surface area contributed by atoms with Crippen molar-refractivity contribution in [1.82, 2.24) is 5.32 Å². The Balaban J connectivity index is 2.60. The minimum atomic E-state index is -1.01. The van der Waals surface area contributed by atoms with Crippen LogP contribution in [0.15, 0.2) is 24.3 Å². The van der Waals surface area contributed by atoms with Crippen molar-refractivity contribution < 1.29 is 23.9 Å². The molecule has 1 rings (SSSR count). The summed E-state index contributed by atoms with van der Waals surface area (Å²) in [7, 11) is 1.41. The van der Waals surface area contributed by atoms with Crippen molar-refractivity contribution in [3.63, 3.8) is 0 Å². The number of esters is 1. The molecule has 0 spiro atoms. The van der Waals surface area contributed by atoms with E-state index in [0.29, 0.717) is 5.75 Å². The zero-order valence-electron chi connectivity index (χ0n) is 9.64. The minimum Gasteiger partial charge on any atom is -0.496 e. The van der Waals surface area contributed by atoms with E-state index in [0.717, 1.165) is 0 Å². The first-order valence-corrected chi connectivity index (χ1v) is 4.94. The van der Waals surface area contributed by atoms with E-state index < -0.39 is 24.5 Å². The molecular weight excluding hydrogens is 240 g/mol. The summed E-state index contributed by atoms with van der Waals surface area (Å²) in [4.78, 5) is 33.0. The van der Waals surface area contributed by atoms with E-state index in [4.69, 9.17) is 15.2 Å². The molecule has 0 saturated heterocycles. The predicted octanol–water partition coefficient (Wildman–Crippen LogP) is 0.0469. The number of imide groups is 1. The second kappa shape index (κ2) is 6.24. The van der Waals surface area contributed by atoms with Crippen molar-refractivity contribution in [3.05, 3.63) is 29.8 Å². The van der Waals surface area contributed by atoms with Crippen molar-refractivity contribution in [2.45, 2.75) is 0 Å². The SMILES string of the molecule is COc1ccccc1C(=O)OCC(=O)NC(N)=O. The molecule has 96 valence electrons. The number of nitrogens with two attached hydrogens (primary N) is 1. The largest absolute Gasteiger partial charge is 0.496 e. The van der Waals surface area contributed by atoms with Gasteiger partial charge >= 0.3 is 12.0 Å². The Hall–Kier alpha value is -2.57. The van der Waals surface area contributed by atoms with E-state index in [1.165, 1.54) is 13.2 Å². The lowest BCUT2D eigenvalue weighted by molar-refractivity contribution is -0.123. The maximum atomic E-state index is 11.6. The fourth-order valence-corrected chi connectivity index (χ4v) is 1.20. The lowest BCUT2D eigenvalue weighted by Crippen LogP contribution is -2.37. The van der Waals surface area contributed by atoms with E-state index in [1.54, 1.807) is 23.5 Å². The molecule has 0 fully saturated rings. The molecule has 7 nitrogen and oxygen atoms in total. The average molecular weight is 252 g/mol. The summed E-state index contributed by atoms with van der Waals surface area (Å²) in [6.07, 6.45) is 0. The second-order valence-corrected chi connectivity index (χ2v) is 3.19. The van der Waals surface area contributed by atoms with Crippen LogP contribution < -0.4 is 15.8 Å². The van der Waals surface area contributed by atoms with Crippen LogP contribution in [0.5, 0.6) is 5.75 Å². The highest BCUT2D eigenvalue weighted by Gasteiger charge is 2.14. The maximum absolute atomic E-state index is 11.6. The quantitative estimate of drug-likeness (QED) is 0.736. The molecule has 3 amide bonds. The number of urea groups is 1. The zero-order valence-corrected chi connectivity index (χ0v) is 9.64. The van der Waals surface area contributed by atoms with E-state index >= 15 is 0 Å². The molecule has 1 aromatic carbocycles. The third-order valence-corrected chi connectivity index (χ3v) is 1.92. The molecule has 0 aromatic heterocycles. The summed E-state index contributed by atoms with van der Waals surface area (Å²) in [5.41, 5.74) is 4.91. The fraction of sp³-hybridized carbons (Fsp3) is 0.182. The van der Waals surface area contributed by atoms with Gasteiger partial charge in [-0.25, -0.2) is 9.59 Å². The van der Waals surface area contributed by atoms with Crippen LogP contribution in [0, 0.1) is 0 Å². The zero-order chi connectivity index (χ0) is 13.5. The van der Waals surface area contributed by atoms with Crippen LogP contribution in [0.3, 0.4) is 0 Å². The number of carbonyl (C=O) groups excluding carboxylic acids is 3. The number of ether oxygens (including phenoxy) is 2. The lowest BCUT2D eigenvalue weighted by Gasteiger charge is -2.07. The molecule has 0 radical (unpaired) electrons. The second-order valence-electron chi connectivity index (χ2n) is 3.19. The molecule has 1 aromatic rings. The Labute approximate surface area is 103 Å². The Morgan fingerprint density at radius 2 is 1.94 bits per heavy atom. The van der Waals surface area contributed by atoms with Crippen LogP contribution in [-0.2, 0) is 9.53 Å². The molecule has 0 saturated carbocycles. The van der Waals surface area contributed by atoms with Gasteiger partial charge in [0.2, 0.25) is 0 Å². The van der Waals surface area contributed by atoms with Crippen molar-refractivity contribution in [3.8, 4) is 5.75 Å². The third-order valence-electron chi connectivity index (χ3n) is 1.92. The first kappa shape index (κ1) is 13.5.